The molecular weight excluding hydrogens is 426 g/mol. The van der Waals surface area contributed by atoms with Crippen LogP contribution in [0.3, 0.4) is 0 Å². The highest BCUT2D eigenvalue weighted by Crippen LogP contribution is 2.42. The van der Waals surface area contributed by atoms with Crippen LogP contribution in [0.15, 0.2) is 50.1 Å². The Labute approximate surface area is 169 Å². The van der Waals surface area contributed by atoms with Crippen molar-refractivity contribution in [2.75, 3.05) is 20.1 Å². The molecule has 0 radical (unpaired) electrons. The van der Waals surface area contributed by atoms with Crippen LogP contribution in [-0.2, 0) is 0 Å². The van der Waals surface area contributed by atoms with E-state index >= 15 is 0 Å². The number of aliphatic hydroxyl groups excluding tert-OH is 1. The number of phenolic OH excluding ortho intramolecular Hbond substituents is 2. The number of rotatable bonds is 2. The summed E-state index contributed by atoms with van der Waals surface area (Å²) in [5.74, 6) is -0.618. The van der Waals surface area contributed by atoms with Crippen LogP contribution >= 0.6 is 15.9 Å². The summed E-state index contributed by atoms with van der Waals surface area (Å²) in [7, 11) is 1.92. The Morgan fingerprint density at radius 2 is 1.93 bits per heavy atom. The van der Waals surface area contributed by atoms with Crippen molar-refractivity contribution < 1.29 is 19.7 Å². The predicted octanol–water partition coefficient (Wildman–Crippen LogP) is 3.41. The molecule has 2 heterocycles. The third-order valence-corrected chi connectivity index (χ3v) is 5.98. The normalized spacial score (nSPS) is 20.5. The number of likely N-dealkylation sites (tertiary alicyclic amines) is 1. The van der Waals surface area contributed by atoms with Gasteiger partial charge in [0.1, 0.15) is 28.2 Å². The van der Waals surface area contributed by atoms with Gasteiger partial charge in [-0.15, -0.1) is 0 Å². The van der Waals surface area contributed by atoms with Gasteiger partial charge < -0.3 is 24.6 Å². The first-order chi connectivity index (χ1) is 13.4. The molecule has 28 heavy (non-hydrogen) atoms. The van der Waals surface area contributed by atoms with Crippen LogP contribution in [0, 0.1) is 0 Å². The van der Waals surface area contributed by atoms with Gasteiger partial charge in [0.15, 0.2) is 5.43 Å². The van der Waals surface area contributed by atoms with Crippen LogP contribution in [-0.4, -0.2) is 46.5 Å². The Morgan fingerprint density at radius 1 is 1.18 bits per heavy atom. The van der Waals surface area contributed by atoms with Crippen molar-refractivity contribution in [3.05, 3.63) is 56.7 Å². The Balaban J connectivity index is 2.00. The fourth-order valence-corrected chi connectivity index (χ4v) is 4.38. The lowest BCUT2D eigenvalue weighted by Crippen LogP contribution is -2.40. The number of halogens is 1. The molecule has 0 amide bonds. The Morgan fingerprint density at radius 3 is 2.64 bits per heavy atom. The highest BCUT2D eigenvalue weighted by atomic mass is 79.9. The summed E-state index contributed by atoms with van der Waals surface area (Å²) in [6, 6.07) is 9.80. The van der Waals surface area contributed by atoms with Gasteiger partial charge in [0, 0.05) is 40.2 Å². The number of hydrogen-bond donors (Lipinski definition) is 3. The summed E-state index contributed by atoms with van der Waals surface area (Å²) >= 11 is 3.46. The van der Waals surface area contributed by atoms with E-state index in [0.29, 0.717) is 29.9 Å². The van der Waals surface area contributed by atoms with Gasteiger partial charge in [-0.05, 0) is 26.1 Å². The number of likely N-dealkylation sites (N-methyl/N-ethyl adjacent to an activating group) is 1. The van der Waals surface area contributed by atoms with E-state index in [0.717, 1.165) is 17.1 Å². The fourth-order valence-electron chi connectivity index (χ4n) is 3.90. The Kier molecular flexibility index (Phi) is 4.91. The molecule has 0 bridgehead atoms. The van der Waals surface area contributed by atoms with Crippen LogP contribution in [0.25, 0.3) is 22.3 Å². The standard InChI is InChI=1S/C21H20BrNO5/c1-23-7-6-12(17(27)10-23)19-14(24)8-15(25)20-16(26)9-18(28-21(19)20)11-4-2-3-5-13(11)22/h2-5,8-9,12,17,24-25,27H,6-7,10H2,1H3. The number of piperidine rings is 1. The van der Waals surface area contributed by atoms with Crippen molar-refractivity contribution >= 4 is 26.9 Å². The van der Waals surface area contributed by atoms with Gasteiger partial charge in [0.05, 0.1) is 6.10 Å². The van der Waals surface area contributed by atoms with Gasteiger partial charge in [0.25, 0.3) is 0 Å². The summed E-state index contributed by atoms with van der Waals surface area (Å²) in [5, 5.41) is 31.5. The van der Waals surface area contributed by atoms with Crippen LogP contribution in [0.2, 0.25) is 0 Å². The molecule has 3 aromatic rings. The summed E-state index contributed by atoms with van der Waals surface area (Å²) in [6.45, 7) is 1.18. The second kappa shape index (κ2) is 7.24. The topological polar surface area (TPSA) is 94.1 Å². The van der Waals surface area contributed by atoms with E-state index in [1.807, 2.05) is 30.1 Å². The first-order valence-electron chi connectivity index (χ1n) is 9.01. The molecule has 4 rings (SSSR count). The molecule has 146 valence electrons. The van der Waals surface area contributed by atoms with E-state index in [1.54, 1.807) is 6.07 Å². The number of fused-ring (bicyclic) bond motifs is 1. The van der Waals surface area contributed by atoms with E-state index in [-0.39, 0.29) is 22.5 Å². The van der Waals surface area contributed by atoms with Crippen LogP contribution < -0.4 is 5.43 Å². The minimum Gasteiger partial charge on any atom is -0.507 e. The first kappa shape index (κ1) is 19.0. The van der Waals surface area contributed by atoms with Crippen molar-refractivity contribution in [2.24, 2.45) is 0 Å². The second-order valence-corrected chi connectivity index (χ2v) is 8.07. The third kappa shape index (κ3) is 3.19. The number of hydrogen-bond acceptors (Lipinski definition) is 6. The number of nitrogens with zero attached hydrogens (tertiary/aromatic N) is 1. The summed E-state index contributed by atoms with van der Waals surface area (Å²) < 4.78 is 6.81. The van der Waals surface area contributed by atoms with Crippen molar-refractivity contribution in [1.82, 2.24) is 4.90 Å². The molecule has 3 N–H and O–H groups in total. The Hall–Kier alpha value is -2.35. The average molecular weight is 446 g/mol. The first-order valence-corrected chi connectivity index (χ1v) is 9.80. The maximum absolute atomic E-state index is 12.8. The molecular formula is C21H20BrNO5. The monoisotopic (exact) mass is 445 g/mol. The molecule has 1 aliphatic heterocycles. The number of benzene rings is 2. The summed E-state index contributed by atoms with van der Waals surface area (Å²) in [5.41, 5.74) is 0.746. The van der Waals surface area contributed by atoms with Gasteiger partial charge in [-0.1, -0.05) is 34.1 Å². The smallest absolute Gasteiger partial charge is 0.197 e. The van der Waals surface area contributed by atoms with Gasteiger partial charge in [-0.3, -0.25) is 4.79 Å². The largest absolute Gasteiger partial charge is 0.507 e. The van der Waals surface area contributed by atoms with Gasteiger partial charge in [0.2, 0.25) is 0 Å². The van der Waals surface area contributed by atoms with E-state index in [4.69, 9.17) is 4.42 Å². The fraction of sp³-hybridized carbons (Fsp3) is 0.286. The van der Waals surface area contributed by atoms with Crippen molar-refractivity contribution in [3.63, 3.8) is 0 Å². The van der Waals surface area contributed by atoms with Crippen LogP contribution in [0.4, 0.5) is 0 Å². The van der Waals surface area contributed by atoms with E-state index < -0.39 is 17.5 Å². The molecule has 1 fully saturated rings. The Bertz CT molecular complexity index is 1110. The minimum atomic E-state index is -0.727. The van der Waals surface area contributed by atoms with E-state index in [9.17, 15) is 20.1 Å². The molecule has 0 saturated carbocycles. The molecule has 1 saturated heterocycles. The highest BCUT2D eigenvalue weighted by Gasteiger charge is 2.33. The number of β-amino-alcohol motifs (C(OH)–C–C–N with tert-alkyl or cyclic N) is 1. The molecule has 2 aromatic carbocycles. The van der Waals surface area contributed by atoms with E-state index in [1.165, 1.54) is 6.07 Å². The lowest BCUT2D eigenvalue weighted by Gasteiger charge is -2.34. The second-order valence-electron chi connectivity index (χ2n) is 7.21. The lowest BCUT2D eigenvalue weighted by molar-refractivity contribution is 0.0630. The van der Waals surface area contributed by atoms with Gasteiger partial charge >= 0.3 is 0 Å². The van der Waals surface area contributed by atoms with Crippen LogP contribution in [0.5, 0.6) is 11.5 Å². The molecule has 6 nitrogen and oxygen atoms in total. The van der Waals surface area contributed by atoms with Crippen LogP contribution in [0.1, 0.15) is 17.9 Å². The van der Waals surface area contributed by atoms with Crippen molar-refractivity contribution in [1.29, 1.82) is 0 Å². The molecule has 1 aromatic heterocycles. The van der Waals surface area contributed by atoms with Crippen molar-refractivity contribution in [3.8, 4) is 22.8 Å². The molecule has 0 aliphatic carbocycles. The molecule has 7 heteroatoms. The molecule has 1 aliphatic rings. The molecule has 0 spiro atoms. The van der Waals surface area contributed by atoms with Gasteiger partial charge in [-0.2, -0.15) is 0 Å². The van der Waals surface area contributed by atoms with E-state index in [2.05, 4.69) is 15.9 Å². The zero-order valence-electron chi connectivity index (χ0n) is 15.2. The van der Waals surface area contributed by atoms with Gasteiger partial charge in [-0.25, -0.2) is 0 Å². The molecule has 2 atom stereocenters. The summed E-state index contributed by atoms with van der Waals surface area (Å²) in [6.07, 6.45) is -0.136. The number of phenols is 2. The summed E-state index contributed by atoms with van der Waals surface area (Å²) in [4.78, 5) is 14.8. The zero-order chi connectivity index (χ0) is 20.0. The van der Waals surface area contributed by atoms with Crippen molar-refractivity contribution in [2.45, 2.75) is 18.4 Å². The average Bonchev–Trinajstić information content (AvgIpc) is 2.63. The maximum atomic E-state index is 12.8. The quantitative estimate of drug-likeness (QED) is 0.559. The zero-order valence-corrected chi connectivity index (χ0v) is 16.8. The maximum Gasteiger partial charge on any atom is 0.197 e. The number of aliphatic hydroxyl groups is 1. The lowest BCUT2D eigenvalue weighted by atomic mass is 9.85. The molecule has 2 unspecified atom stereocenters. The number of aromatic hydroxyl groups is 2. The minimum absolute atomic E-state index is 0.00901. The highest BCUT2D eigenvalue weighted by molar-refractivity contribution is 9.10. The third-order valence-electron chi connectivity index (χ3n) is 5.29. The predicted molar refractivity (Wildman–Crippen MR) is 110 cm³/mol. The SMILES string of the molecule is CN1CCC(c2c(O)cc(O)c3c(=O)cc(-c4ccccc4Br)oc23)C(O)C1.